The average molecular weight is 469 g/mol. The number of carbonyl (C=O) groups is 1. The van der Waals surface area contributed by atoms with E-state index in [1.165, 1.54) is 0 Å². The lowest BCUT2D eigenvalue weighted by molar-refractivity contribution is 0.105. The van der Waals surface area contributed by atoms with E-state index in [0.717, 1.165) is 36.5 Å². The van der Waals surface area contributed by atoms with E-state index < -0.39 is 0 Å². The van der Waals surface area contributed by atoms with Gasteiger partial charge in [0.2, 0.25) is 0 Å². The van der Waals surface area contributed by atoms with Crippen LogP contribution >= 0.6 is 23.2 Å². The lowest BCUT2D eigenvalue weighted by Crippen LogP contribution is -2.52. The molecule has 166 valence electrons. The zero-order chi connectivity index (χ0) is 22.3. The molecule has 0 bridgehead atoms. The number of carbonyl (C=O) groups excluding carboxylic acids is 1. The number of nitrogens with zero attached hydrogens (tertiary/aromatic N) is 4. The second-order valence-electron chi connectivity index (χ2n) is 7.98. The van der Waals surface area contributed by atoms with E-state index in [1.807, 2.05) is 82.7 Å². The van der Waals surface area contributed by atoms with Crippen molar-refractivity contribution in [3.8, 4) is 0 Å². The highest BCUT2D eigenvalue weighted by Gasteiger charge is 2.26. The van der Waals surface area contributed by atoms with Crippen molar-refractivity contribution < 1.29 is 4.79 Å². The second-order valence-corrected chi connectivity index (χ2v) is 8.86. The molecule has 1 aromatic heterocycles. The summed E-state index contributed by atoms with van der Waals surface area (Å²) < 4.78 is 0. The molecule has 4 rings (SSSR count). The summed E-state index contributed by atoms with van der Waals surface area (Å²) in [4.78, 5) is 24.0. The molecule has 5 nitrogen and oxygen atoms in total. The number of hydrogen-bond acceptors (Lipinski definition) is 3. The van der Waals surface area contributed by atoms with Crippen LogP contribution in [-0.2, 0) is 19.6 Å². The molecule has 1 fully saturated rings. The highest BCUT2D eigenvalue weighted by Crippen LogP contribution is 2.19. The number of amides is 2. The number of benzene rings is 2. The third-order valence-corrected chi connectivity index (χ3v) is 6.02. The fraction of sp³-hybridized carbons (Fsp3) is 0.280. The summed E-state index contributed by atoms with van der Waals surface area (Å²) in [6.07, 6.45) is 1.82. The minimum absolute atomic E-state index is 0.0300. The first kappa shape index (κ1) is 22.6. The first-order chi connectivity index (χ1) is 15.6. The maximum atomic E-state index is 13.5. The molecule has 0 N–H and O–H groups in total. The summed E-state index contributed by atoms with van der Waals surface area (Å²) in [6, 6.07) is 21.3. The van der Waals surface area contributed by atoms with Crippen molar-refractivity contribution in [1.82, 2.24) is 19.7 Å². The van der Waals surface area contributed by atoms with Gasteiger partial charge in [-0.1, -0.05) is 53.5 Å². The number of rotatable bonds is 6. The second kappa shape index (κ2) is 10.8. The van der Waals surface area contributed by atoms with Gasteiger partial charge < -0.3 is 9.80 Å². The normalized spacial score (nSPS) is 14.4. The largest absolute Gasteiger partial charge is 0.322 e. The fourth-order valence-corrected chi connectivity index (χ4v) is 4.35. The molecule has 0 radical (unpaired) electrons. The third-order valence-electron chi connectivity index (χ3n) is 5.55. The Hall–Kier alpha value is -2.60. The predicted octanol–water partition coefficient (Wildman–Crippen LogP) is 5.33. The molecule has 0 atom stereocenters. The van der Waals surface area contributed by atoms with Crippen molar-refractivity contribution in [3.63, 3.8) is 0 Å². The summed E-state index contributed by atoms with van der Waals surface area (Å²) in [5, 5.41) is 1.33. The fourth-order valence-electron chi connectivity index (χ4n) is 3.92. The van der Waals surface area contributed by atoms with Crippen molar-refractivity contribution in [3.05, 3.63) is 99.8 Å². The molecule has 7 heteroatoms. The SMILES string of the molecule is O=C(N1CCN(Cc2ccccn2)CC1)N(Cc1cccc(Cl)c1)Cc1cccc(Cl)c1. The van der Waals surface area contributed by atoms with Crippen molar-refractivity contribution in [2.75, 3.05) is 26.2 Å². The number of piperazine rings is 1. The Kier molecular flexibility index (Phi) is 7.63. The molecular weight excluding hydrogens is 443 g/mol. The van der Waals surface area contributed by atoms with Gasteiger partial charge in [-0.3, -0.25) is 9.88 Å². The molecule has 0 unspecified atom stereocenters. The predicted molar refractivity (Wildman–Crippen MR) is 129 cm³/mol. The smallest absolute Gasteiger partial charge is 0.320 e. The number of urea groups is 1. The first-order valence-corrected chi connectivity index (χ1v) is 11.5. The Bertz CT molecular complexity index is 991. The minimum Gasteiger partial charge on any atom is -0.322 e. The summed E-state index contributed by atoms with van der Waals surface area (Å²) in [5.41, 5.74) is 3.05. The lowest BCUT2D eigenvalue weighted by Gasteiger charge is -2.37. The number of halogens is 2. The zero-order valence-corrected chi connectivity index (χ0v) is 19.3. The highest BCUT2D eigenvalue weighted by molar-refractivity contribution is 6.30. The van der Waals surface area contributed by atoms with Crippen LogP contribution in [0.5, 0.6) is 0 Å². The van der Waals surface area contributed by atoms with E-state index in [2.05, 4.69) is 9.88 Å². The Morgan fingerprint density at radius 1 is 0.844 bits per heavy atom. The molecule has 1 aliphatic heterocycles. The van der Waals surface area contributed by atoms with Crippen molar-refractivity contribution in [2.45, 2.75) is 19.6 Å². The van der Waals surface area contributed by atoms with Gasteiger partial charge in [0.05, 0.1) is 5.69 Å². The Morgan fingerprint density at radius 3 is 2.00 bits per heavy atom. The van der Waals surface area contributed by atoms with E-state index >= 15 is 0 Å². The lowest BCUT2D eigenvalue weighted by atomic mass is 10.1. The van der Waals surface area contributed by atoms with E-state index in [-0.39, 0.29) is 6.03 Å². The highest BCUT2D eigenvalue weighted by atomic mass is 35.5. The summed E-state index contributed by atoms with van der Waals surface area (Å²) in [7, 11) is 0. The standard InChI is InChI=1S/C25H26Cl2N4O/c26-22-7-3-5-20(15-22)17-31(18-21-6-4-8-23(27)16-21)25(32)30-13-11-29(12-14-30)19-24-9-1-2-10-28-24/h1-10,15-16H,11-14,17-19H2. The van der Waals surface area contributed by atoms with E-state index in [1.54, 1.807) is 0 Å². The summed E-state index contributed by atoms with van der Waals surface area (Å²) in [6.45, 7) is 4.80. The van der Waals surface area contributed by atoms with Gasteiger partial charge in [-0.15, -0.1) is 0 Å². The maximum Gasteiger partial charge on any atom is 0.320 e. The molecule has 3 aromatic rings. The van der Waals surface area contributed by atoms with Crippen LogP contribution in [0.2, 0.25) is 10.0 Å². The van der Waals surface area contributed by atoms with E-state index in [4.69, 9.17) is 23.2 Å². The molecule has 32 heavy (non-hydrogen) atoms. The van der Waals surface area contributed by atoms with Crippen LogP contribution < -0.4 is 0 Å². The van der Waals surface area contributed by atoms with E-state index in [9.17, 15) is 4.79 Å². The van der Waals surface area contributed by atoms with Gasteiger partial charge in [0.25, 0.3) is 0 Å². The number of aromatic nitrogens is 1. The van der Waals surface area contributed by atoms with Crippen molar-refractivity contribution in [2.24, 2.45) is 0 Å². The van der Waals surface area contributed by atoms with Crippen LogP contribution in [0.25, 0.3) is 0 Å². The van der Waals surface area contributed by atoms with Gasteiger partial charge in [-0.2, -0.15) is 0 Å². The van der Waals surface area contributed by atoms with Crippen molar-refractivity contribution >= 4 is 29.2 Å². The van der Waals surface area contributed by atoms with Gasteiger partial charge in [-0.25, -0.2) is 4.79 Å². The Balaban J connectivity index is 1.43. The van der Waals surface area contributed by atoms with Crippen LogP contribution in [0.4, 0.5) is 4.79 Å². The van der Waals surface area contributed by atoms with Crippen LogP contribution in [-0.4, -0.2) is 51.9 Å². The molecular formula is C25H26Cl2N4O. The van der Waals surface area contributed by atoms with Gasteiger partial charge in [-0.05, 0) is 47.5 Å². The van der Waals surface area contributed by atoms with Crippen LogP contribution in [0.1, 0.15) is 16.8 Å². The zero-order valence-electron chi connectivity index (χ0n) is 17.8. The van der Waals surface area contributed by atoms with Gasteiger partial charge in [0.1, 0.15) is 0 Å². The summed E-state index contributed by atoms with van der Waals surface area (Å²) >= 11 is 12.4. The average Bonchev–Trinajstić information content (AvgIpc) is 2.79. The molecule has 0 spiro atoms. The molecule has 0 saturated carbocycles. The first-order valence-electron chi connectivity index (χ1n) is 10.7. The monoisotopic (exact) mass is 468 g/mol. The van der Waals surface area contributed by atoms with Crippen LogP contribution in [0.15, 0.2) is 72.9 Å². The Morgan fingerprint density at radius 2 is 1.47 bits per heavy atom. The van der Waals surface area contributed by atoms with Crippen molar-refractivity contribution in [1.29, 1.82) is 0 Å². The Labute approximate surface area is 199 Å². The molecule has 0 aliphatic carbocycles. The molecule has 1 aliphatic rings. The van der Waals surface area contributed by atoms with Crippen LogP contribution in [0, 0.1) is 0 Å². The molecule has 2 aromatic carbocycles. The third kappa shape index (κ3) is 6.22. The maximum absolute atomic E-state index is 13.5. The minimum atomic E-state index is 0.0300. The number of pyridine rings is 1. The van der Waals surface area contributed by atoms with Gasteiger partial charge in [0.15, 0.2) is 0 Å². The molecule has 2 amide bonds. The quantitative estimate of drug-likeness (QED) is 0.490. The topological polar surface area (TPSA) is 39.7 Å². The van der Waals surface area contributed by atoms with Gasteiger partial charge in [0, 0.05) is 62.1 Å². The van der Waals surface area contributed by atoms with E-state index in [0.29, 0.717) is 36.2 Å². The summed E-state index contributed by atoms with van der Waals surface area (Å²) in [5.74, 6) is 0. The molecule has 2 heterocycles. The molecule has 1 saturated heterocycles. The van der Waals surface area contributed by atoms with Crippen LogP contribution in [0.3, 0.4) is 0 Å². The van der Waals surface area contributed by atoms with Gasteiger partial charge >= 0.3 is 6.03 Å². The number of hydrogen-bond donors (Lipinski definition) is 0.